The quantitative estimate of drug-likeness (QED) is 0.301. The van der Waals surface area contributed by atoms with Gasteiger partial charge in [-0.2, -0.15) is 5.10 Å². The van der Waals surface area contributed by atoms with Crippen LogP contribution in [0, 0.1) is 6.92 Å². The van der Waals surface area contributed by atoms with Crippen LogP contribution in [-0.2, 0) is 20.1 Å². The van der Waals surface area contributed by atoms with Crippen LogP contribution in [0.25, 0.3) is 0 Å². The van der Waals surface area contributed by atoms with Crippen molar-refractivity contribution in [1.82, 2.24) is 20.4 Å². The zero-order valence-electron chi connectivity index (χ0n) is 14.7. The number of hydrogen-bond donors (Lipinski definition) is 2. The maximum absolute atomic E-state index is 4.70. The molecule has 2 N–H and O–H groups in total. The van der Waals surface area contributed by atoms with Crippen molar-refractivity contribution in [2.45, 2.75) is 31.8 Å². The smallest absolute Gasteiger partial charge is 0.191 e. The van der Waals surface area contributed by atoms with Gasteiger partial charge in [0.15, 0.2) is 5.96 Å². The molecular formula is C17H26IN5S. The number of hydrogen-bond acceptors (Lipinski definition) is 3. The average molecular weight is 459 g/mol. The van der Waals surface area contributed by atoms with Crippen LogP contribution < -0.4 is 10.6 Å². The van der Waals surface area contributed by atoms with Crippen molar-refractivity contribution >= 4 is 41.7 Å². The van der Waals surface area contributed by atoms with E-state index >= 15 is 0 Å². The Labute approximate surface area is 165 Å². The van der Waals surface area contributed by atoms with E-state index in [9.17, 15) is 0 Å². The Morgan fingerprint density at radius 1 is 1.29 bits per heavy atom. The fraction of sp³-hybridized carbons (Fsp3) is 0.412. The molecule has 2 aromatic rings. The van der Waals surface area contributed by atoms with E-state index in [1.807, 2.05) is 17.8 Å². The predicted molar refractivity (Wildman–Crippen MR) is 113 cm³/mol. The fourth-order valence-electron chi connectivity index (χ4n) is 2.24. The van der Waals surface area contributed by atoms with Gasteiger partial charge in [-0.15, -0.1) is 35.7 Å². The molecule has 1 aromatic carbocycles. The molecule has 0 aliphatic rings. The summed E-state index contributed by atoms with van der Waals surface area (Å²) in [5.74, 6) is 0.821. The monoisotopic (exact) mass is 459 g/mol. The lowest BCUT2D eigenvalue weighted by molar-refractivity contribution is 0.684. The third kappa shape index (κ3) is 6.01. The van der Waals surface area contributed by atoms with E-state index in [1.165, 1.54) is 16.0 Å². The van der Waals surface area contributed by atoms with Crippen LogP contribution in [0.3, 0.4) is 0 Å². The molecule has 7 heteroatoms. The van der Waals surface area contributed by atoms with Crippen molar-refractivity contribution in [1.29, 1.82) is 0 Å². The molecule has 0 unspecified atom stereocenters. The zero-order valence-corrected chi connectivity index (χ0v) is 17.8. The summed E-state index contributed by atoms with van der Waals surface area (Å²) in [5.41, 5.74) is 3.65. The Hall–Kier alpha value is -1.22. The van der Waals surface area contributed by atoms with E-state index in [1.54, 1.807) is 18.0 Å². The normalized spacial score (nSPS) is 11.1. The van der Waals surface area contributed by atoms with E-state index in [0.717, 1.165) is 18.2 Å². The third-order valence-corrected chi connectivity index (χ3v) is 4.37. The summed E-state index contributed by atoms with van der Waals surface area (Å²) in [6.07, 6.45) is 3.91. The Morgan fingerprint density at radius 3 is 2.71 bits per heavy atom. The second kappa shape index (κ2) is 10.6. The molecule has 24 heavy (non-hydrogen) atoms. The molecule has 0 aliphatic carbocycles. The molecule has 0 spiro atoms. The average Bonchev–Trinajstić information content (AvgIpc) is 2.96. The van der Waals surface area contributed by atoms with Gasteiger partial charge in [-0.05, 0) is 43.4 Å². The minimum atomic E-state index is 0. The van der Waals surface area contributed by atoms with Gasteiger partial charge in [0.1, 0.15) is 0 Å². The highest BCUT2D eigenvalue weighted by Crippen LogP contribution is 2.22. The molecule has 0 bridgehead atoms. The van der Waals surface area contributed by atoms with Gasteiger partial charge in [-0.25, -0.2) is 4.99 Å². The lowest BCUT2D eigenvalue weighted by Gasteiger charge is -2.12. The van der Waals surface area contributed by atoms with Crippen molar-refractivity contribution < 1.29 is 0 Å². The number of thioether (sulfide) groups is 1. The second-order valence-electron chi connectivity index (χ2n) is 5.31. The molecule has 0 saturated heterocycles. The molecule has 0 radical (unpaired) electrons. The molecule has 5 nitrogen and oxygen atoms in total. The summed E-state index contributed by atoms with van der Waals surface area (Å²) in [7, 11) is 1.94. The van der Waals surface area contributed by atoms with E-state index in [-0.39, 0.29) is 24.0 Å². The van der Waals surface area contributed by atoms with Gasteiger partial charge in [-0.3, -0.25) is 4.68 Å². The summed E-state index contributed by atoms with van der Waals surface area (Å²) in [5, 5.41) is 10.8. The first-order chi connectivity index (χ1) is 11.1. The van der Waals surface area contributed by atoms with E-state index in [0.29, 0.717) is 13.1 Å². The molecule has 0 amide bonds. The van der Waals surface area contributed by atoms with Gasteiger partial charge in [0.05, 0.1) is 18.8 Å². The first kappa shape index (κ1) is 20.8. The van der Waals surface area contributed by atoms with Crippen LogP contribution in [0.1, 0.15) is 23.7 Å². The van der Waals surface area contributed by atoms with E-state index < -0.39 is 0 Å². The van der Waals surface area contributed by atoms with Gasteiger partial charge < -0.3 is 10.6 Å². The van der Waals surface area contributed by atoms with Crippen LogP contribution >= 0.6 is 35.7 Å². The van der Waals surface area contributed by atoms with Crippen LogP contribution in [0.5, 0.6) is 0 Å². The second-order valence-corrected chi connectivity index (χ2v) is 6.16. The maximum Gasteiger partial charge on any atom is 0.191 e. The Morgan fingerprint density at radius 2 is 2.08 bits per heavy atom. The fourth-order valence-corrected chi connectivity index (χ4v) is 2.94. The first-order valence-electron chi connectivity index (χ1n) is 7.76. The maximum atomic E-state index is 4.70. The standard InChI is InChI=1S/C17H25N5S.HI/c1-5-18-17(20-12-15-8-9-21-22(15)3)19-11-14-7-6-13(2)10-16(14)23-4;/h6-10H,5,11-12H2,1-4H3,(H2,18,19,20);1H. The highest BCUT2D eigenvalue weighted by atomic mass is 127. The topological polar surface area (TPSA) is 54.2 Å². The number of rotatable bonds is 6. The van der Waals surface area contributed by atoms with Crippen LogP contribution in [-0.4, -0.2) is 28.5 Å². The van der Waals surface area contributed by atoms with E-state index in [2.05, 4.69) is 54.0 Å². The lowest BCUT2D eigenvalue weighted by atomic mass is 10.1. The Bertz CT molecular complexity index is 669. The summed E-state index contributed by atoms with van der Waals surface area (Å²) in [6, 6.07) is 8.52. The van der Waals surface area contributed by atoms with E-state index in [4.69, 9.17) is 4.99 Å². The molecule has 0 fully saturated rings. The minimum Gasteiger partial charge on any atom is -0.357 e. The summed E-state index contributed by atoms with van der Waals surface area (Å²) in [4.78, 5) is 5.99. The molecule has 2 rings (SSSR count). The number of guanidine groups is 1. The lowest BCUT2D eigenvalue weighted by Crippen LogP contribution is -2.37. The summed E-state index contributed by atoms with van der Waals surface area (Å²) >= 11 is 1.77. The Kier molecular flexibility index (Phi) is 9.20. The number of aliphatic imine (C=N–C) groups is 1. The van der Waals surface area contributed by atoms with Gasteiger partial charge in [0.25, 0.3) is 0 Å². The summed E-state index contributed by atoms with van der Waals surface area (Å²) in [6.45, 7) is 6.38. The first-order valence-corrected chi connectivity index (χ1v) is 8.99. The van der Waals surface area contributed by atoms with Gasteiger partial charge in [0, 0.05) is 24.7 Å². The Balaban J connectivity index is 0.00000288. The number of nitrogens with one attached hydrogen (secondary N) is 2. The number of halogens is 1. The molecule has 0 saturated carbocycles. The van der Waals surface area contributed by atoms with Gasteiger partial charge in [0.2, 0.25) is 0 Å². The van der Waals surface area contributed by atoms with Crippen molar-refractivity contribution in [2.24, 2.45) is 12.0 Å². The molecule has 132 valence electrons. The van der Waals surface area contributed by atoms with Gasteiger partial charge in [-0.1, -0.05) is 12.1 Å². The number of benzene rings is 1. The van der Waals surface area contributed by atoms with Crippen LogP contribution in [0.15, 0.2) is 40.4 Å². The number of nitrogens with zero attached hydrogens (tertiary/aromatic N) is 3. The predicted octanol–water partition coefficient (Wildman–Crippen LogP) is 3.32. The molecular weight excluding hydrogens is 433 g/mol. The molecule has 1 aromatic heterocycles. The zero-order chi connectivity index (χ0) is 16.7. The van der Waals surface area contributed by atoms with Gasteiger partial charge >= 0.3 is 0 Å². The molecule has 0 atom stereocenters. The van der Waals surface area contributed by atoms with Crippen LogP contribution in [0.4, 0.5) is 0 Å². The largest absolute Gasteiger partial charge is 0.357 e. The van der Waals surface area contributed by atoms with Crippen molar-refractivity contribution in [2.75, 3.05) is 12.8 Å². The minimum absolute atomic E-state index is 0. The van der Waals surface area contributed by atoms with Crippen molar-refractivity contribution in [3.05, 3.63) is 47.3 Å². The number of aryl methyl sites for hydroxylation is 2. The van der Waals surface area contributed by atoms with Crippen molar-refractivity contribution in [3.63, 3.8) is 0 Å². The highest BCUT2D eigenvalue weighted by Gasteiger charge is 2.04. The molecule has 1 heterocycles. The van der Waals surface area contributed by atoms with Crippen LogP contribution in [0.2, 0.25) is 0 Å². The highest BCUT2D eigenvalue weighted by molar-refractivity contribution is 14.0. The van der Waals surface area contributed by atoms with Crippen molar-refractivity contribution in [3.8, 4) is 0 Å². The SMILES string of the molecule is CCNC(=NCc1ccc(C)cc1SC)NCc1ccnn1C.I. The number of aromatic nitrogens is 2. The molecule has 0 aliphatic heterocycles. The summed E-state index contributed by atoms with van der Waals surface area (Å²) < 4.78 is 1.86. The third-order valence-electron chi connectivity index (χ3n) is 3.55.